The fraction of sp³-hybridized carbons (Fsp3) is 0.583. The number of nitrogens with one attached hydrogen (secondary N) is 1. The van der Waals surface area contributed by atoms with Crippen molar-refractivity contribution in [3.8, 4) is 0 Å². The van der Waals surface area contributed by atoms with Crippen LogP contribution in [-0.4, -0.2) is 52.8 Å². The summed E-state index contributed by atoms with van der Waals surface area (Å²) in [5.74, 6) is -0.783. The van der Waals surface area contributed by atoms with Crippen molar-refractivity contribution < 1.29 is 19.4 Å². The summed E-state index contributed by atoms with van der Waals surface area (Å²) in [4.78, 5) is 28.8. The van der Waals surface area contributed by atoms with Gasteiger partial charge in [0.2, 0.25) is 0 Å². The zero-order valence-corrected chi connectivity index (χ0v) is 12.1. The lowest BCUT2D eigenvalue weighted by molar-refractivity contribution is -0.147. The second-order valence-electron chi connectivity index (χ2n) is 4.78. The number of morpholine rings is 1. The number of aromatic nitrogens is 1. The Morgan fingerprint density at radius 2 is 2.35 bits per heavy atom. The summed E-state index contributed by atoms with van der Waals surface area (Å²) >= 11 is 1.33. The van der Waals surface area contributed by atoms with E-state index in [0.29, 0.717) is 11.7 Å². The Hall–Kier alpha value is -1.67. The van der Waals surface area contributed by atoms with Gasteiger partial charge in [-0.15, -0.1) is 11.3 Å². The largest absolute Gasteiger partial charge is 0.480 e. The summed E-state index contributed by atoms with van der Waals surface area (Å²) in [5, 5.41) is 14.1. The molecule has 0 bridgehead atoms. The van der Waals surface area contributed by atoms with E-state index in [2.05, 4.69) is 10.3 Å². The lowest BCUT2D eigenvalue weighted by Gasteiger charge is -2.32. The molecule has 1 saturated heterocycles. The van der Waals surface area contributed by atoms with Gasteiger partial charge >= 0.3 is 12.0 Å². The molecule has 0 saturated carbocycles. The number of urea groups is 1. The minimum atomic E-state index is -1.07. The van der Waals surface area contributed by atoms with E-state index < -0.39 is 18.0 Å². The third-order valence-corrected chi connectivity index (χ3v) is 3.78. The van der Waals surface area contributed by atoms with Gasteiger partial charge in [0.15, 0.2) is 11.2 Å². The number of rotatable bonds is 3. The van der Waals surface area contributed by atoms with Crippen LogP contribution in [0, 0.1) is 0 Å². The second kappa shape index (κ2) is 6.19. The molecule has 8 heteroatoms. The first-order chi connectivity index (χ1) is 9.49. The van der Waals surface area contributed by atoms with Crippen LogP contribution in [0.25, 0.3) is 0 Å². The van der Waals surface area contributed by atoms with Gasteiger partial charge in [0.05, 0.1) is 18.9 Å². The molecule has 110 valence electrons. The molecule has 2 amide bonds. The maximum Gasteiger partial charge on any atom is 0.328 e. The van der Waals surface area contributed by atoms with E-state index in [9.17, 15) is 9.59 Å². The zero-order valence-electron chi connectivity index (χ0n) is 11.3. The number of carboxylic acids is 1. The molecule has 1 aromatic rings. The summed E-state index contributed by atoms with van der Waals surface area (Å²) in [5.41, 5.74) is 0.905. The maximum absolute atomic E-state index is 12.1. The third-order valence-electron chi connectivity index (χ3n) is 3.00. The van der Waals surface area contributed by atoms with Gasteiger partial charge in [-0.25, -0.2) is 14.6 Å². The number of carbonyl (C=O) groups is 2. The molecular formula is C12H17N3O4S. The Labute approximate surface area is 120 Å². The van der Waals surface area contributed by atoms with Crippen LogP contribution >= 0.6 is 11.3 Å². The first-order valence-electron chi connectivity index (χ1n) is 6.32. The van der Waals surface area contributed by atoms with Gasteiger partial charge in [-0.2, -0.15) is 0 Å². The van der Waals surface area contributed by atoms with Gasteiger partial charge in [-0.05, 0) is 5.92 Å². The van der Waals surface area contributed by atoms with Crippen LogP contribution in [0.3, 0.4) is 0 Å². The molecule has 20 heavy (non-hydrogen) atoms. The first-order valence-corrected chi connectivity index (χ1v) is 7.20. The molecule has 1 aromatic heterocycles. The molecule has 1 atom stereocenters. The van der Waals surface area contributed by atoms with Crippen LogP contribution in [0.15, 0.2) is 5.38 Å². The molecule has 0 aliphatic carbocycles. The van der Waals surface area contributed by atoms with Crippen molar-refractivity contribution in [3.63, 3.8) is 0 Å². The van der Waals surface area contributed by atoms with Crippen molar-refractivity contribution >= 4 is 28.5 Å². The Bertz CT molecular complexity index is 503. The summed E-state index contributed by atoms with van der Waals surface area (Å²) in [7, 11) is 0. The number of carbonyl (C=O) groups excluding carboxylic acids is 1. The van der Waals surface area contributed by atoms with E-state index in [1.165, 1.54) is 16.2 Å². The minimum Gasteiger partial charge on any atom is -0.480 e. The highest BCUT2D eigenvalue weighted by atomic mass is 32.1. The Morgan fingerprint density at radius 1 is 1.60 bits per heavy atom. The molecule has 0 radical (unpaired) electrons. The second-order valence-corrected chi connectivity index (χ2v) is 5.64. The summed E-state index contributed by atoms with van der Waals surface area (Å²) in [6.07, 6.45) is 0. The van der Waals surface area contributed by atoms with Crippen molar-refractivity contribution in [1.29, 1.82) is 0 Å². The molecule has 0 spiro atoms. The van der Waals surface area contributed by atoms with Gasteiger partial charge in [0, 0.05) is 11.9 Å². The smallest absolute Gasteiger partial charge is 0.328 e. The van der Waals surface area contributed by atoms with Crippen LogP contribution in [0.1, 0.15) is 25.5 Å². The van der Waals surface area contributed by atoms with Crippen molar-refractivity contribution in [2.75, 3.05) is 25.1 Å². The number of hydrogen-bond donors (Lipinski definition) is 2. The van der Waals surface area contributed by atoms with Crippen LogP contribution in [0.5, 0.6) is 0 Å². The highest BCUT2D eigenvalue weighted by Gasteiger charge is 2.33. The zero-order chi connectivity index (χ0) is 14.7. The first kappa shape index (κ1) is 14.7. The fourth-order valence-electron chi connectivity index (χ4n) is 1.82. The molecule has 2 rings (SSSR count). The molecule has 0 aromatic carbocycles. The summed E-state index contributed by atoms with van der Waals surface area (Å²) < 4.78 is 5.09. The molecule has 1 aliphatic heterocycles. The van der Waals surface area contributed by atoms with Gasteiger partial charge in [0.1, 0.15) is 0 Å². The minimum absolute atomic E-state index is 0.0118. The summed E-state index contributed by atoms with van der Waals surface area (Å²) in [6.45, 7) is 4.64. The molecule has 1 aliphatic rings. The van der Waals surface area contributed by atoms with Crippen LogP contribution in [0.4, 0.5) is 9.93 Å². The number of aliphatic carboxylic acids is 1. The van der Waals surface area contributed by atoms with E-state index >= 15 is 0 Å². The van der Waals surface area contributed by atoms with E-state index in [1.54, 1.807) is 0 Å². The van der Waals surface area contributed by atoms with E-state index in [4.69, 9.17) is 9.84 Å². The van der Waals surface area contributed by atoms with Crippen LogP contribution < -0.4 is 5.32 Å². The number of hydrogen-bond acceptors (Lipinski definition) is 5. The molecule has 1 fully saturated rings. The lowest BCUT2D eigenvalue weighted by Crippen LogP contribution is -2.53. The molecule has 2 heterocycles. The van der Waals surface area contributed by atoms with E-state index in [0.717, 1.165) is 5.69 Å². The lowest BCUT2D eigenvalue weighted by atomic mass is 10.2. The number of carboxylic acid groups (broad SMARTS) is 1. The molecule has 7 nitrogen and oxygen atoms in total. The van der Waals surface area contributed by atoms with Crippen molar-refractivity contribution in [3.05, 3.63) is 11.1 Å². The number of thiazole rings is 1. The standard InChI is InChI=1S/C12H17N3O4S/c1-7(2)8-6-20-11(13-8)14-12(18)15-3-4-19-5-9(15)10(16)17/h6-7,9H,3-5H2,1-2H3,(H,16,17)(H,13,14,18). The topological polar surface area (TPSA) is 91.8 Å². The number of ether oxygens (including phenoxy) is 1. The average Bonchev–Trinajstić information content (AvgIpc) is 2.87. The van der Waals surface area contributed by atoms with Crippen molar-refractivity contribution in [2.24, 2.45) is 0 Å². The van der Waals surface area contributed by atoms with Gasteiger partial charge in [0.25, 0.3) is 0 Å². The summed E-state index contributed by atoms with van der Waals surface area (Å²) in [6, 6.07) is -1.40. The highest BCUT2D eigenvalue weighted by molar-refractivity contribution is 7.13. The van der Waals surface area contributed by atoms with Crippen LogP contribution in [-0.2, 0) is 9.53 Å². The maximum atomic E-state index is 12.1. The number of amides is 2. The fourth-order valence-corrected chi connectivity index (χ4v) is 2.68. The monoisotopic (exact) mass is 299 g/mol. The normalized spacial score (nSPS) is 19.1. The predicted octanol–water partition coefficient (Wildman–Crippen LogP) is 1.58. The average molecular weight is 299 g/mol. The Morgan fingerprint density at radius 3 is 2.95 bits per heavy atom. The van der Waals surface area contributed by atoms with E-state index in [1.807, 2.05) is 19.2 Å². The van der Waals surface area contributed by atoms with E-state index in [-0.39, 0.29) is 19.1 Å². The highest BCUT2D eigenvalue weighted by Crippen LogP contribution is 2.22. The van der Waals surface area contributed by atoms with Gasteiger partial charge < -0.3 is 14.7 Å². The SMILES string of the molecule is CC(C)c1csc(NC(=O)N2CCOCC2C(=O)O)n1. The predicted molar refractivity (Wildman–Crippen MR) is 74.2 cm³/mol. The molecule has 2 N–H and O–H groups in total. The van der Waals surface area contributed by atoms with Gasteiger partial charge in [-0.3, -0.25) is 5.32 Å². The van der Waals surface area contributed by atoms with Crippen LogP contribution in [0.2, 0.25) is 0 Å². The quantitative estimate of drug-likeness (QED) is 0.884. The molecular weight excluding hydrogens is 282 g/mol. The Kier molecular flexibility index (Phi) is 4.56. The third kappa shape index (κ3) is 3.26. The van der Waals surface area contributed by atoms with Crippen molar-refractivity contribution in [1.82, 2.24) is 9.88 Å². The van der Waals surface area contributed by atoms with Crippen molar-refractivity contribution in [2.45, 2.75) is 25.8 Å². The Balaban J connectivity index is 2.04. The molecule has 1 unspecified atom stereocenters. The number of nitrogens with zero attached hydrogens (tertiary/aromatic N) is 2. The number of anilines is 1. The van der Waals surface area contributed by atoms with Gasteiger partial charge in [-0.1, -0.05) is 13.8 Å².